The Bertz CT molecular complexity index is 947. The van der Waals surface area contributed by atoms with Gasteiger partial charge in [-0.2, -0.15) is 0 Å². The van der Waals surface area contributed by atoms with Crippen LogP contribution in [0.2, 0.25) is 0 Å². The maximum atomic E-state index is 10.9. The Morgan fingerprint density at radius 1 is 0.923 bits per heavy atom. The normalized spacial score (nSPS) is 19.5. The van der Waals surface area contributed by atoms with Gasteiger partial charge < -0.3 is 19.3 Å². The first-order chi connectivity index (χ1) is 19.0. The molecule has 1 aliphatic heterocycles. The average molecular weight is 561 g/mol. The van der Waals surface area contributed by atoms with E-state index in [1.807, 2.05) is 12.1 Å². The molecule has 0 aromatic heterocycles. The number of unbranched alkanes of at least 4 members (excludes halogenated alkanes) is 1. The van der Waals surface area contributed by atoms with Crippen molar-refractivity contribution < 1.29 is 23.8 Å². The fourth-order valence-electron chi connectivity index (χ4n) is 5.55. The Balaban J connectivity index is 0.000000983. The summed E-state index contributed by atoms with van der Waals surface area (Å²) in [5, 5.41) is 10.6. The summed E-state index contributed by atoms with van der Waals surface area (Å²) in [5.74, 6) is 1.29. The van der Waals surface area contributed by atoms with Gasteiger partial charge >= 0.3 is 8.25 Å². The van der Waals surface area contributed by atoms with E-state index < -0.39 is 14.4 Å². The van der Waals surface area contributed by atoms with E-state index in [1.165, 1.54) is 50.5 Å². The summed E-state index contributed by atoms with van der Waals surface area (Å²) in [5.41, 5.74) is 2.13. The van der Waals surface area contributed by atoms with E-state index in [9.17, 15) is 9.67 Å². The second-order valence-corrected chi connectivity index (χ2v) is 11.5. The first-order valence-electron chi connectivity index (χ1n) is 14.8. The molecular weight excluding hydrogens is 511 g/mol. The van der Waals surface area contributed by atoms with E-state index in [0.29, 0.717) is 23.9 Å². The molecule has 2 aliphatic rings. The van der Waals surface area contributed by atoms with Crippen LogP contribution in [0.3, 0.4) is 0 Å². The maximum absolute atomic E-state index is 10.9. The number of ether oxygens (including phenoxy) is 1. The van der Waals surface area contributed by atoms with Crippen LogP contribution in [0.25, 0.3) is 0 Å². The number of nitrogens with zero attached hydrogens (tertiary/aromatic N) is 2. The lowest BCUT2D eigenvalue weighted by Gasteiger charge is -2.44. The standard InChI is InChI=1S/C27H39N2O5P.C4H10/c30-25(21-33-26-14-8-7-13-24(26)20-34-35(31)32)19-28-15-17-29(18-16-28)27(22-9-3-1-4-10-22)23-11-5-2-6-12-23;1-3-4-2/h1,3-4,7-10,13-14,23,25,27,30,35H,2,5-6,11-12,15-21H2,(H,31,32);3-4H2,1-2H3. The predicted molar refractivity (Wildman–Crippen MR) is 158 cm³/mol. The quantitative estimate of drug-likeness (QED) is 0.305. The van der Waals surface area contributed by atoms with Gasteiger partial charge in [-0.3, -0.25) is 14.4 Å². The molecule has 1 heterocycles. The fourth-order valence-corrected chi connectivity index (χ4v) is 5.82. The average Bonchev–Trinajstić information content (AvgIpc) is 2.97. The molecule has 39 heavy (non-hydrogen) atoms. The monoisotopic (exact) mass is 560 g/mol. The van der Waals surface area contributed by atoms with Crippen molar-refractivity contribution in [1.29, 1.82) is 0 Å². The van der Waals surface area contributed by atoms with Gasteiger partial charge in [0.05, 0.1) is 6.61 Å². The minimum Gasteiger partial charge on any atom is -0.490 e. The van der Waals surface area contributed by atoms with Gasteiger partial charge in [0.25, 0.3) is 0 Å². The van der Waals surface area contributed by atoms with Gasteiger partial charge in [-0.1, -0.05) is 94.5 Å². The first-order valence-corrected chi connectivity index (χ1v) is 16.0. The number of piperazine rings is 1. The molecule has 8 heteroatoms. The molecule has 1 aliphatic carbocycles. The van der Waals surface area contributed by atoms with E-state index in [2.05, 4.69) is 54.0 Å². The molecule has 0 radical (unpaired) electrons. The Morgan fingerprint density at radius 3 is 2.21 bits per heavy atom. The van der Waals surface area contributed by atoms with Crippen LogP contribution in [0.5, 0.6) is 5.75 Å². The Hall–Kier alpha value is -1.73. The van der Waals surface area contributed by atoms with Crippen LogP contribution >= 0.6 is 8.25 Å². The third-order valence-corrected chi connectivity index (χ3v) is 8.15. The minimum atomic E-state index is -3.00. The number of hydrogen-bond donors (Lipinski definition) is 2. The summed E-state index contributed by atoms with van der Waals surface area (Å²) in [6.07, 6.45) is 8.71. The van der Waals surface area contributed by atoms with Gasteiger partial charge in [0.2, 0.25) is 0 Å². The molecule has 218 valence electrons. The second kappa shape index (κ2) is 17.9. The molecule has 3 atom stereocenters. The summed E-state index contributed by atoms with van der Waals surface area (Å²) in [6.45, 7) is 8.97. The summed E-state index contributed by atoms with van der Waals surface area (Å²) in [4.78, 5) is 13.9. The number of aliphatic hydroxyl groups is 1. The summed E-state index contributed by atoms with van der Waals surface area (Å²) >= 11 is 0. The Labute approximate surface area is 236 Å². The highest BCUT2D eigenvalue weighted by Crippen LogP contribution is 2.38. The van der Waals surface area contributed by atoms with Crippen LogP contribution in [0, 0.1) is 5.92 Å². The highest BCUT2D eigenvalue weighted by Gasteiger charge is 2.32. The summed E-state index contributed by atoms with van der Waals surface area (Å²) in [6, 6.07) is 18.7. The number of aliphatic hydroxyl groups excluding tert-OH is 1. The topological polar surface area (TPSA) is 82.5 Å². The highest BCUT2D eigenvalue weighted by atomic mass is 31.1. The van der Waals surface area contributed by atoms with Crippen molar-refractivity contribution in [2.75, 3.05) is 39.3 Å². The van der Waals surface area contributed by atoms with E-state index >= 15 is 0 Å². The fraction of sp³-hybridized carbons (Fsp3) is 0.613. The van der Waals surface area contributed by atoms with Crippen LogP contribution in [-0.4, -0.2) is 65.2 Å². The molecule has 0 amide bonds. The van der Waals surface area contributed by atoms with E-state index in [-0.39, 0.29) is 13.2 Å². The second-order valence-electron chi connectivity index (χ2n) is 10.7. The van der Waals surface area contributed by atoms with Gasteiger partial charge in [0.1, 0.15) is 18.5 Å². The van der Waals surface area contributed by atoms with Crippen molar-refractivity contribution in [3.8, 4) is 5.75 Å². The van der Waals surface area contributed by atoms with Crippen LogP contribution in [0.15, 0.2) is 54.6 Å². The summed E-state index contributed by atoms with van der Waals surface area (Å²) < 4.78 is 21.6. The van der Waals surface area contributed by atoms with Crippen LogP contribution in [0.1, 0.15) is 76.0 Å². The lowest BCUT2D eigenvalue weighted by atomic mass is 9.80. The third-order valence-electron chi connectivity index (χ3n) is 7.76. The number of rotatable bonds is 12. The van der Waals surface area contributed by atoms with Gasteiger partial charge in [-0.25, -0.2) is 0 Å². The van der Waals surface area contributed by atoms with Crippen molar-refractivity contribution in [2.45, 2.75) is 77.5 Å². The molecule has 1 saturated carbocycles. The van der Waals surface area contributed by atoms with Crippen molar-refractivity contribution in [3.05, 3.63) is 65.7 Å². The number of benzene rings is 2. The molecule has 4 rings (SSSR count). The van der Waals surface area contributed by atoms with Gasteiger partial charge in [0, 0.05) is 44.3 Å². The molecule has 2 N–H and O–H groups in total. The molecule has 2 aromatic carbocycles. The number of para-hydroxylation sites is 1. The van der Waals surface area contributed by atoms with Crippen molar-refractivity contribution in [1.82, 2.24) is 9.80 Å². The predicted octanol–water partition coefficient (Wildman–Crippen LogP) is 6.07. The minimum absolute atomic E-state index is 0.00605. The maximum Gasteiger partial charge on any atom is 0.316 e. The van der Waals surface area contributed by atoms with E-state index in [1.54, 1.807) is 12.1 Å². The zero-order valence-electron chi connectivity index (χ0n) is 23.8. The first kappa shape index (κ1) is 31.8. The Kier molecular flexibility index (Phi) is 14.6. The molecule has 2 fully saturated rings. The largest absolute Gasteiger partial charge is 0.490 e. The highest BCUT2D eigenvalue weighted by molar-refractivity contribution is 7.32. The van der Waals surface area contributed by atoms with Crippen molar-refractivity contribution >= 4 is 8.25 Å². The van der Waals surface area contributed by atoms with Gasteiger partial charge in [0.15, 0.2) is 0 Å². The van der Waals surface area contributed by atoms with Crippen LogP contribution in [-0.2, 0) is 15.7 Å². The van der Waals surface area contributed by atoms with Crippen LogP contribution < -0.4 is 4.74 Å². The lowest BCUT2D eigenvalue weighted by Crippen LogP contribution is -2.51. The van der Waals surface area contributed by atoms with Crippen molar-refractivity contribution in [3.63, 3.8) is 0 Å². The van der Waals surface area contributed by atoms with E-state index in [0.717, 1.165) is 32.1 Å². The number of hydrogen-bond acceptors (Lipinski definition) is 6. The lowest BCUT2D eigenvalue weighted by molar-refractivity contribution is 0.0223. The van der Waals surface area contributed by atoms with Crippen molar-refractivity contribution in [2.24, 2.45) is 5.92 Å². The SMILES string of the molecule is CCCC.O=[PH](O)OCc1ccccc1OCC(O)CN1CCN(C(c2ccccc2)C2CCCCC2)CC1. The smallest absolute Gasteiger partial charge is 0.316 e. The van der Waals surface area contributed by atoms with Crippen LogP contribution in [0.4, 0.5) is 0 Å². The summed E-state index contributed by atoms with van der Waals surface area (Å²) in [7, 11) is -3.00. The molecule has 0 bridgehead atoms. The molecular formula is C31H49N2O5P. The third kappa shape index (κ3) is 11.0. The van der Waals surface area contributed by atoms with Gasteiger partial charge in [-0.05, 0) is 30.4 Å². The zero-order valence-corrected chi connectivity index (χ0v) is 24.8. The Morgan fingerprint density at radius 2 is 1.56 bits per heavy atom. The molecule has 3 unspecified atom stereocenters. The molecule has 7 nitrogen and oxygen atoms in total. The zero-order chi connectivity index (χ0) is 27.9. The molecule has 0 spiro atoms. The van der Waals surface area contributed by atoms with Gasteiger partial charge in [-0.15, -0.1) is 0 Å². The van der Waals surface area contributed by atoms with E-state index in [4.69, 9.17) is 14.2 Å². The molecule has 2 aromatic rings. The number of β-amino-alcohol motifs (C(OH)–C–C–N with tert-alkyl or cyclic N) is 1. The molecule has 1 saturated heterocycles.